The van der Waals surface area contributed by atoms with Crippen LogP contribution < -0.4 is 9.47 Å². The zero-order chi connectivity index (χ0) is 15.9. The van der Waals surface area contributed by atoms with Crippen molar-refractivity contribution in [1.29, 1.82) is 5.41 Å². The number of halogens is 2. The van der Waals surface area contributed by atoms with Gasteiger partial charge in [0.1, 0.15) is 12.2 Å². The smallest absolute Gasteiger partial charge is 0.197 e. The molecule has 0 amide bonds. The molecule has 1 aliphatic carbocycles. The molecule has 1 aromatic carbocycles. The maximum absolute atomic E-state index is 14.9. The first-order valence-electron chi connectivity index (χ1n) is 7.38. The van der Waals surface area contributed by atoms with Gasteiger partial charge < -0.3 is 14.4 Å². The van der Waals surface area contributed by atoms with Gasteiger partial charge in [-0.05, 0) is 38.3 Å². The lowest BCUT2D eigenvalue weighted by Crippen LogP contribution is -2.27. The molecule has 1 saturated carbocycles. The topological polar surface area (TPSA) is 45.6 Å². The molecule has 0 unspecified atom stereocenters. The molecule has 1 heterocycles. The Kier molecular flexibility index (Phi) is 3.54. The van der Waals surface area contributed by atoms with Gasteiger partial charge in [-0.2, -0.15) is 0 Å². The summed E-state index contributed by atoms with van der Waals surface area (Å²) in [5.74, 6) is -0.280. The Hall–Kier alpha value is -2.11. The fourth-order valence-electron chi connectivity index (χ4n) is 3.12. The van der Waals surface area contributed by atoms with E-state index in [4.69, 9.17) is 14.9 Å². The predicted molar refractivity (Wildman–Crippen MR) is 78.6 cm³/mol. The van der Waals surface area contributed by atoms with E-state index in [9.17, 15) is 8.78 Å². The van der Waals surface area contributed by atoms with Gasteiger partial charge >= 0.3 is 0 Å². The summed E-state index contributed by atoms with van der Waals surface area (Å²) in [5, 5.41) is 8.20. The van der Waals surface area contributed by atoms with Crippen LogP contribution in [0.25, 0.3) is 0 Å². The molecule has 0 atom stereocenters. The zero-order valence-corrected chi connectivity index (χ0v) is 12.6. The summed E-state index contributed by atoms with van der Waals surface area (Å²) in [4.78, 5) is 1.49. The van der Waals surface area contributed by atoms with Crippen molar-refractivity contribution < 1.29 is 18.3 Å². The lowest BCUT2D eigenvalue weighted by atomic mass is 10.0. The monoisotopic (exact) mass is 308 g/mol. The molecular weight excluding hydrogens is 290 g/mol. The first-order chi connectivity index (χ1) is 10.6. The van der Waals surface area contributed by atoms with Crippen LogP contribution in [0, 0.1) is 11.2 Å². The van der Waals surface area contributed by atoms with Crippen molar-refractivity contribution in [2.75, 3.05) is 13.2 Å². The maximum Gasteiger partial charge on any atom is 0.197 e. The Morgan fingerprint density at radius 1 is 1.32 bits per heavy atom. The first kappa shape index (κ1) is 14.8. The van der Waals surface area contributed by atoms with Gasteiger partial charge in [0.05, 0.1) is 24.3 Å². The average molecular weight is 308 g/mol. The van der Waals surface area contributed by atoms with E-state index in [-0.39, 0.29) is 17.1 Å². The number of rotatable bonds is 5. The predicted octanol–water partition coefficient (Wildman–Crippen LogP) is 3.69. The van der Waals surface area contributed by atoms with Gasteiger partial charge in [-0.3, -0.25) is 5.41 Å². The van der Waals surface area contributed by atoms with Crippen LogP contribution in [0.1, 0.15) is 37.8 Å². The second-order valence-electron chi connectivity index (χ2n) is 5.33. The van der Waals surface area contributed by atoms with Gasteiger partial charge in [-0.25, -0.2) is 8.78 Å². The van der Waals surface area contributed by atoms with E-state index < -0.39 is 11.4 Å². The van der Waals surface area contributed by atoms with E-state index in [0.29, 0.717) is 30.9 Å². The number of hydrogen-bond acceptors (Lipinski definition) is 3. The SMILES string of the molecule is CCOc1cc2c(c(F)c1OCC)C(=N)N(C=CF)C21CC1. The second-order valence-corrected chi connectivity index (χ2v) is 5.33. The number of hydrogen-bond donors (Lipinski definition) is 1. The lowest BCUT2D eigenvalue weighted by Gasteiger charge is -2.21. The standard InChI is InChI=1S/C16H18F2N2O2/c1-3-21-11-9-10-12(13(18)14(11)22-4-2)15(19)20(8-7-17)16(10)5-6-16/h7-9,19H,3-6H2,1-2H3. The molecule has 118 valence electrons. The van der Waals surface area contributed by atoms with Crippen LogP contribution in [0.15, 0.2) is 18.6 Å². The molecule has 1 aromatic rings. The molecule has 0 radical (unpaired) electrons. The van der Waals surface area contributed by atoms with E-state index in [1.54, 1.807) is 13.0 Å². The zero-order valence-electron chi connectivity index (χ0n) is 12.6. The van der Waals surface area contributed by atoms with E-state index in [0.717, 1.165) is 12.8 Å². The average Bonchev–Trinajstić information content (AvgIpc) is 3.25. The van der Waals surface area contributed by atoms with Crippen molar-refractivity contribution in [2.45, 2.75) is 32.2 Å². The van der Waals surface area contributed by atoms with Crippen LogP contribution in [0.4, 0.5) is 8.78 Å². The molecular formula is C16H18F2N2O2. The molecule has 0 aromatic heterocycles. The van der Waals surface area contributed by atoms with Crippen LogP contribution in [-0.4, -0.2) is 23.9 Å². The summed E-state index contributed by atoms with van der Waals surface area (Å²) in [6, 6.07) is 1.74. The number of fused-ring (bicyclic) bond motifs is 2. The minimum Gasteiger partial charge on any atom is -0.490 e. The molecule has 1 spiro atoms. The second kappa shape index (κ2) is 5.26. The molecule has 6 heteroatoms. The van der Waals surface area contributed by atoms with Crippen molar-refractivity contribution in [3.05, 3.63) is 35.5 Å². The summed E-state index contributed by atoms with van der Waals surface area (Å²) in [7, 11) is 0. The van der Waals surface area contributed by atoms with Gasteiger partial charge in [-0.1, -0.05) is 0 Å². The van der Waals surface area contributed by atoms with Crippen LogP contribution in [0.3, 0.4) is 0 Å². The van der Waals surface area contributed by atoms with Gasteiger partial charge in [0.25, 0.3) is 0 Å². The van der Waals surface area contributed by atoms with Crippen molar-refractivity contribution in [3.8, 4) is 11.5 Å². The van der Waals surface area contributed by atoms with Crippen LogP contribution in [0.2, 0.25) is 0 Å². The summed E-state index contributed by atoms with van der Waals surface area (Å²) in [6.07, 6.45) is 3.08. The van der Waals surface area contributed by atoms with Crippen LogP contribution >= 0.6 is 0 Å². The Bertz CT molecular complexity index is 654. The molecule has 22 heavy (non-hydrogen) atoms. The third kappa shape index (κ3) is 1.90. The van der Waals surface area contributed by atoms with Gasteiger partial charge in [0, 0.05) is 6.20 Å². The van der Waals surface area contributed by atoms with Crippen molar-refractivity contribution in [1.82, 2.24) is 4.90 Å². The van der Waals surface area contributed by atoms with Gasteiger partial charge in [0.15, 0.2) is 17.3 Å². The highest BCUT2D eigenvalue weighted by Gasteiger charge is 2.57. The number of ether oxygens (including phenoxy) is 2. The third-order valence-corrected chi connectivity index (χ3v) is 4.15. The van der Waals surface area contributed by atoms with Gasteiger partial charge in [0.2, 0.25) is 0 Å². The lowest BCUT2D eigenvalue weighted by molar-refractivity contribution is 0.274. The molecule has 2 aliphatic rings. The summed E-state index contributed by atoms with van der Waals surface area (Å²) in [6.45, 7) is 4.25. The Balaban J connectivity index is 2.19. The molecule has 1 fully saturated rings. The van der Waals surface area contributed by atoms with Crippen LogP contribution in [-0.2, 0) is 5.54 Å². The minimum absolute atomic E-state index is 0.0229. The highest BCUT2D eigenvalue weighted by molar-refractivity contribution is 6.04. The minimum atomic E-state index is -0.603. The molecule has 0 saturated heterocycles. The fraction of sp³-hybridized carbons (Fsp3) is 0.438. The Morgan fingerprint density at radius 3 is 2.55 bits per heavy atom. The summed E-state index contributed by atoms with van der Waals surface area (Å²) >= 11 is 0. The normalized spacial score (nSPS) is 18.2. The van der Waals surface area contributed by atoms with Crippen molar-refractivity contribution in [2.24, 2.45) is 0 Å². The van der Waals surface area contributed by atoms with Crippen LogP contribution in [0.5, 0.6) is 11.5 Å². The molecule has 1 aliphatic heterocycles. The van der Waals surface area contributed by atoms with Gasteiger partial charge in [-0.15, -0.1) is 0 Å². The van der Waals surface area contributed by atoms with E-state index >= 15 is 0 Å². The van der Waals surface area contributed by atoms with Crippen molar-refractivity contribution >= 4 is 5.84 Å². The van der Waals surface area contributed by atoms with E-state index in [2.05, 4.69) is 0 Å². The Labute approximate surface area is 127 Å². The highest BCUT2D eigenvalue weighted by atomic mass is 19.1. The summed E-state index contributed by atoms with van der Waals surface area (Å²) < 4.78 is 38.4. The van der Waals surface area contributed by atoms with E-state index in [1.807, 2.05) is 6.92 Å². The molecule has 4 nitrogen and oxygen atoms in total. The largest absolute Gasteiger partial charge is 0.490 e. The number of benzene rings is 1. The Morgan fingerprint density at radius 2 is 2.00 bits per heavy atom. The maximum atomic E-state index is 14.9. The number of amidine groups is 1. The summed E-state index contributed by atoms with van der Waals surface area (Å²) in [5.41, 5.74) is 0.356. The number of nitrogens with zero attached hydrogens (tertiary/aromatic N) is 1. The van der Waals surface area contributed by atoms with Crippen molar-refractivity contribution in [3.63, 3.8) is 0 Å². The molecule has 1 N–H and O–H groups in total. The fourth-order valence-corrected chi connectivity index (χ4v) is 3.12. The molecule has 0 bridgehead atoms. The molecule has 3 rings (SSSR count). The third-order valence-electron chi connectivity index (χ3n) is 4.15. The quantitative estimate of drug-likeness (QED) is 0.902. The van der Waals surface area contributed by atoms with E-state index in [1.165, 1.54) is 11.1 Å². The number of nitrogens with one attached hydrogen (secondary N) is 1. The first-order valence-corrected chi connectivity index (χ1v) is 7.38. The highest BCUT2D eigenvalue weighted by Crippen LogP contribution is 2.59.